The van der Waals surface area contributed by atoms with Gasteiger partial charge in [0.15, 0.2) is 0 Å². The first-order chi connectivity index (χ1) is 14.5. The zero-order valence-corrected chi connectivity index (χ0v) is 19.2. The molecule has 6 heteroatoms. The van der Waals surface area contributed by atoms with E-state index < -0.39 is 0 Å². The van der Waals surface area contributed by atoms with Crippen LogP contribution in [-0.4, -0.2) is 54.8 Å². The van der Waals surface area contributed by atoms with Gasteiger partial charge in [-0.2, -0.15) is 0 Å². The van der Waals surface area contributed by atoms with E-state index in [1.807, 2.05) is 41.3 Å². The number of amides is 2. The maximum Gasteiger partial charge on any atom is 0.253 e. The maximum atomic E-state index is 12.6. The van der Waals surface area contributed by atoms with Gasteiger partial charge < -0.3 is 15.1 Å². The van der Waals surface area contributed by atoms with Crippen molar-refractivity contribution in [1.82, 2.24) is 15.1 Å². The van der Waals surface area contributed by atoms with Crippen LogP contribution in [0.3, 0.4) is 0 Å². The van der Waals surface area contributed by atoms with E-state index in [9.17, 15) is 9.59 Å². The number of unbranched alkanes of at least 4 members (excludes halogenated alkanes) is 1. The first-order valence-corrected chi connectivity index (χ1v) is 11.4. The lowest BCUT2D eigenvalue weighted by Crippen LogP contribution is -2.47. The quantitative estimate of drug-likeness (QED) is 0.594. The molecule has 2 aromatic rings. The number of hydrogen-bond donors (Lipinski definition) is 1. The lowest BCUT2D eigenvalue weighted by atomic mass is 10.1. The molecule has 0 saturated carbocycles. The Morgan fingerprint density at radius 1 is 0.900 bits per heavy atom. The van der Waals surface area contributed by atoms with E-state index in [4.69, 9.17) is 0 Å². The zero-order chi connectivity index (χ0) is 21.3. The second kappa shape index (κ2) is 11.3. The smallest absolute Gasteiger partial charge is 0.253 e. The number of likely N-dealkylation sites (N-methyl/N-ethyl adjacent to an activating group) is 1. The highest BCUT2D eigenvalue weighted by molar-refractivity contribution is 9.10. The molecule has 160 valence electrons. The lowest BCUT2D eigenvalue weighted by Gasteiger charge is -2.32. The van der Waals surface area contributed by atoms with E-state index in [-0.39, 0.29) is 11.8 Å². The number of nitrogens with zero attached hydrogens (tertiary/aromatic N) is 2. The van der Waals surface area contributed by atoms with Gasteiger partial charge in [-0.05, 0) is 61.7 Å². The van der Waals surface area contributed by atoms with Gasteiger partial charge in [-0.25, -0.2) is 0 Å². The Balaban J connectivity index is 1.35. The molecular formula is C24H30BrN3O2. The van der Waals surface area contributed by atoms with Crippen LogP contribution in [0.25, 0.3) is 0 Å². The third-order valence-corrected chi connectivity index (χ3v) is 6.04. The van der Waals surface area contributed by atoms with Crippen molar-refractivity contribution in [3.8, 4) is 0 Å². The van der Waals surface area contributed by atoms with Crippen molar-refractivity contribution in [3.63, 3.8) is 0 Å². The van der Waals surface area contributed by atoms with Crippen LogP contribution < -0.4 is 5.32 Å². The molecule has 30 heavy (non-hydrogen) atoms. The second-order valence-corrected chi connectivity index (χ2v) is 8.82. The summed E-state index contributed by atoms with van der Waals surface area (Å²) < 4.78 is 1.09. The number of hydrogen-bond acceptors (Lipinski definition) is 3. The molecule has 3 rings (SSSR count). The molecule has 0 spiro atoms. The highest BCUT2D eigenvalue weighted by atomic mass is 79.9. The van der Waals surface area contributed by atoms with Crippen LogP contribution in [0, 0.1) is 0 Å². The fourth-order valence-electron chi connectivity index (χ4n) is 3.51. The maximum absolute atomic E-state index is 12.6. The molecule has 1 aliphatic rings. The molecule has 0 radical (unpaired) electrons. The standard InChI is InChI=1S/C24H30BrN3O2/c1-27-14-16-28(17-15-27)24(30)21-10-6-20(7-11-21)18-26-23(29)5-3-2-4-19-8-12-22(25)13-9-19/h6-13H,2-5,14-18H2,1H3,(H,26,29). The molecule has 1 aliphatic heterocycles. The Kier molecular flexibility index (Phi) is 8.46. The van der Waals surface area contributed by atoms with Crippen molar-refractivity contribution in [2.24, 2.45) is 0 Å². The minimum Gasteiger partial charge on any atom is -0.352 e. The lowest BCUT2D eigenvalue weighted by molar-refractivity contribution is -0.121. The minimum atomic E-state index is 0.0726. The number of carbonyl (C=O) groups is 2. The van der Waals surface area contributed by atoms with Crippen LogP contribution in [0.15, 0.2) is 53.0 Å². The highest BCUT2D eigenvalue weighted by Gasteiger charge is 2.20. The third kappa shape index (κ3) is 6.96. The number of nitrogens with one attached hydrogen (secondary N) is 1. The number of aryl methyl sites for hydroxylation is 1. The van der Waals surface area contributed by atoms with Crippen molar-refractivity contribution >= 4 is 27.7 Å². The number of carbonyl (C=O) groups excluding carboxylic acids is 2. The summed E-state index contributed by atoms with van der Waals surface area (Å²) in [5.74, 6) is 0.160. The van der Waals surface area contributed by atoms with Crippen LogP contribution in [0.1, 0.15) is 40.7 Å². The summed E-state index contributed by atoms with van der Waals surface area (Å²) in [5.41, 5.74) is 3.01. The fraction of sp³-hybridized carbons (Fsp3) is 0.417. The van der Waals surface area contributed by atoms with Crippen LogP contribution in [-0.2, 0) is 17.8 Å². The Morgan fingerprint density at radius 2 is 1.53 bits per heavy atom. The molecule has 0 atom stereocenters. The monoisotopic (exact) mass is 471 g/mol. The second-order valence-electron chi connectivity index (χ2n) is 7.90. The third-order valence-electron chi connectivity index (χ3n) is 5.51. The van der Waals surface area contributed by atoms with E-state index in [0.29, 0.717) is 18.5 Å². The van der Waals surface area contributed by atoms with Gasteiger partial charge in [-0.3, -0.25) is 9.59 Å². The van der Waals surface area contributed by atoms with Gasteiger partial charge in [0.25, 0.3) is 5.91 Å². The largest absolute Gasteiger partial charge is 0.352 e. The van der Waals surface area contributed by atoms with Gasteiger partial charge in [0, 0.05) is 49.2 Å². The molecule has 5 nitrogen and oxygen atoms in total. The molecule has 0 aromatic heterocycles. The van der Waals surface area contributed by atoms with Crippen molar-refractivity contribution in [1.29, 1.82) is 0 Å². The van der Waals surface area contributed by atoms with Crippen molar-refractivity contribution in [3.05, 3.63) is 69.7 Å². The Hall–Kier alpha value is -2.18. The summed E-state index contributed by atoms with van der Waals surface area (Å²) in [4.78, 5) is 28.8. The van der Waals surface area contributed by atoms with E-state index in [1.165, 1.54) is 5.56 Å². The molecule has 1 N–H and O–H groups in total. The minimum absolute atomic E-state index is 0.0726. The zero-order valence-electron chi connectivity index (χ0n) is 17.6. The Bertz CT molecular complexity index is 829. The topological polar surface area (TPSA) is 52.6 Å². The van der Waals surface area contributed by atoms with Gasteiger partial charge >= 0.3 is 0 Å². The number of piperazine rings is 1. The predicted octanol–water partition coefficient (Wildman–Crippen LogP) is 3.87. The van der Waals surface area contributed by atoms with Gasteiger partial charge in [-0.15, -0.1) is 0 Å². The van der Waals surface area contributed by atoms with Crippen LogP contribution in [0.2, 0.25) is 0 Å². The number of halogens is 1. The average molecular weight is 472 g/mol. The molecule has 0 aliphatic carbocycles. The molecule has 0 bridgehead atoms. The molecule has 1 heterocycles. The van der Waals surface area contributed by atoms with Crippen LogP contribution >= 0.6 is 15.9 Å². The van der Waals surface area contributed by atoms with Gasteiger partial charge in [0.1, 0.15) is 0 Å². The summed E-state index contributed by atoms with van der Waals surface area (Å²) in [7, 11) is 2.08. The normalized spacial score (nSPS) is 14.5. The fourth-order valence-corrected chi connectivity index (χ4v) is 3.78. The van der Waals surface area contributed by atoms with E-state index >= 15 is 0 Å². The van der Waals surface area contributed by atoms with Gasteiger partial charge in [0.05, 0.1) is 0 Å². The van der Waals surface area contributed by atoms with Gasteiger partial charge in [-0.1, -0.05) is 40.2 Å². The van der Waals surface area contributed by atoms with E-state index in [1.54, 1.807) is 0 Å². The molecule has 2 amide bonds. The predicted molar refractivity (Wildman–Crippen MR) is 123 cm³/mol. The number of rotatable bonds is 8. The van der Waals surface area contributed by atoms with Crippen LogP contribution in [0.4, 0.5) is 0 Å². The summed E-state index contributed by atoms with van der Waals surface area (Å²) in [5, 5.41) is 2.98. The average Bonchev–Trinajstić information content (AvgIpc) is 2.77. The van der Waals surface area contributed by atoms with Crippen LogP contribution in [0.5, 0.6) is 0 Å². The highest BCUT2D eigenvalue weighted by Crippen LogP contribution is 2.13. The van der Waals surface area contributed by atoms with E-state index in [2.05, 4.69) is 45.3 Å². The summed E-state index contributed by atoms with van der Waals surface area (Å²) in [6.45, 7) is 3.87. The van der Waals surface area contributed by atoms with Crippen molar-refractivity contribution < 1.29 is 9.59 Å². The van der Waals surface area contributed by atoms with Crippen molar-refractivity contribution in [2.75, 3.05) is 33.2 Å². The number of benzene rings is 2. The van der Waals surface area contributed by atoms with E-state index in [0.717, 1.165) is 55.5 Å². The molecule has 1 saturated heterocycles. The summed E-state index contributed by atoms with van der Waals surface area (Å²) >= 11 is 3.44. The molecule has 0 unspecified atom stereocenters. The molecule has 2 aromatic carbocycles. The summed E-state index contributed by atoms with van der Waals surface area (Å²) in [6, 6.07) is 15.9. The summed E-state index contributed by atoms with van der Waals surface area (Å²) in [6.07, 6.45) is 3.40. The van der Waals surface area contributed by atoms with Crippen molar-refractivity contribution in [2.45, 2.75) is 32.2 Å². The Labute approximate surface area is 187 Å². The Morgan fingerprint density at radius 3 is 2.20 bits per heavy atom. The van der Waals surface area contributed by atoms with Gasteiger partial charge in [0.2, 0.25) is 5.91 Å². The first-order valence-electron chi connectivity index (χ1n) is 10.6. The molecular weight excluding hydrogens is 442 g/mol. The first kappa shape index (κ1) is 22.5. The SMILES string of the molecule is CN1CCN(C(=O)c2ccc(CNC(=O)CCCCc3ccc(Br)cc3)cc2)CC1. The molecule has 1 fully saturated rings.